The zero-order valence-electron chi connectivity index (χ0n) is 13.1. The smallest absolute Gasteiger partial charge is 0.416 e. The van der Waals surface area contributed by atoms with E-state index < -0.39 is 17.6 Å². The van der Waals surface area contributed by atoms with Gasteiger partial charge in [-0.3, -0.25) is 4.79 Å². The van der Waals surface area contributed by atoms with Gasteiger partial charge >= 0.3 is 6.18 Å². The number of nitrogens with one attached hydrogen (secondary N) is 1. The molecule has 0 aliphatic carbocycles. The minimum absolute atomic E-state index is 0.00910. The number of benzene rings is 2. The van der Waals surface area contributed by atoms with E-state index in [9.17, 15) is 18.0 Å². The summed E-state index contributed by atoms with van der Waals surface area (Å²) in [5, 5.41) is 2.33. The second kappa shape index (κ2) is 8.10. The van der Waals surface area contributed by atoms with Gasteiger partial charge in [-0.25, -0.2) is 0 Å². The first-order valence-corrected chi connectivity index (χ1v) is 8.45. The maximum atomic E-state index is 12.7. The van der Waals surface area contributed by atoms with Crippen LogP contribution >= 0.6 is 27.5 Å². The fourth-order valence-electron chi connectivity index (χ4n) is 2.01. The summed E-state index contributed by atoms with van der Waals surface area (Å²) in [6.45, 7) is 1.64. The van der Waals surface area contributed by atoms with Crippen molar-refractivity contribution in [1.82, 2.24) is 0 Å². The predicted molar refractivity (Wildman–Crippen MR) is 94.1 cm³/mol. The molecule has 0 radical (unpaired) electrons. The van der Waals surface area contributed by atoms with Crippen LogP contribution in [-0.2, 0) is 17.4 Å². The molecule has 0 aromatic heterocycles. The minimum atomic E-state index is -4.52. The van der Waals surface area contributed by atoms with E-state index in [4.69, 9.17) is 16.3 Å². The SMILES string of the molecule is CCc1ccc(OCC(=O)Nc2cc(C(F)(F)F)ccc2Cl)c(Br)c1. The van der Waals surface area contributed by atoms with Gasteiger partial charge in [-0.15, -0.1) is 0 Å². The average molecular weight is 437 g/mol. The van der Waals surface area contributed by atoms with Gasteiger partial charge in [0, 0.05) is 0 Å². The molecule has 0 unspecified atom stereocenters. The zero-order chi connectivity index (χ0) is 18.6. The Morgan fingerprint density at radius 1 is 1.24 bits per heavy atom. The number of ether oxygens (including phenoxy) is 1. The molecule has 0 fully saturated rings. The average Bonchev–Trinajstić information content (AvgIpc) is 2.54. The van der Waals surface area contributed by atoms with Crippen LogP contribution in [0.15, 0.2) is 40.9 Å². The number of hydrogen-bond acceptors (Lipinski definition) is 2. The number of anilines is 1. The van der Waals surface area contributed by atoms with E-state index in [0.717, 1.165) is 30.2 Å². The lowest BCUT2D eigenvalue weighted by Crippen LogP contribution is -2.21. The van der Waals surface area contributed by atoms with Crippen molar-refractivity contribution in [3.63, 3.8) is 0 Å². The Bertz CT molecular complexity index is 781. The number of hydrogen-bond donors (Lipinski definition) is 1. The molecular formula is C17H14BrClF3NO2. The molecule has 2 rings (SSSR count). The number of halogens is 5. The summed E-state index contributed by atoms with van der Waals surface area (Å²) in [7, 11) is 0. The Kier molecular flexibility index (Phi) is 6.35. The maximum Gasteiger partial charge on any atom is 0.416 e. The quantitative estimate of drug-likeness (QED) is 0.653. The summed E-state index contributed by atoms with van der Waals surface area (Å²) < 4.78 is 44.3. The van der Waals surface area contributed by atoms with Crippen molar-refractivity contribution in [2.45, 2.75) is 19.5 Å². The van der Waals surface area contributed by atoms with Crippen molar-refractivity contribution >= 4 is 39.1 Å². The van der Waals surface area contributed by atoms with E-state index in [2.05, 4.69) is 21.2 Å². The molecule has 3 nitrogen and oxygen atoms in total. The first-order valence-electron chi connectivity index (χ1n) is 7.28. The van der Waals surface area contributed by atoms with E-state index in [1.54, 1.807) is 6.07 Å². The van der Waals surface area contributed by atoms with Crippen molar-refractivity contribution in [1.29, 1.82) is 0 Å². The lowest BCUT2D eigenvalue weighted by atomic mass is 10.2. The summed E-state index contributed by atoms with van der Waals surface area (Å²) in [5.41, 5.74) is 0.0796. The molecule has 0 spiro atoms. The molecule has 0 heterocycles. The lowest BCUT2D eigenvalue weighted by molar-refractivity contribution is -0.137. The van der Waals surface area contributed by atoms with Crippen molar-refractivity contribution in [3.8, 4) is 5.75 Å². The molecule has 1 N–H and O–H groups in total. The van der Waals surface area contributed by atoms with Gasteiger partial charge < -0.3 is 10.1 Å². The number of carbonyl (C=O) groups excluding carboxylic acids is 1. The predicted octanol–water partition coefficient (Wildman–Crippen LogP) is 5.70. The van der Waals surface area contributed by atoms with Gasteiger partial charge in [0.25, 0.3) is 5.91 Å². The van der Waals surface area contributed by atoms with E-state index >= 15 is 0 Å². The third kappa shape index (κ3) is 5.37. The fraction of sp³-hybridized carbons (Fsp3) is 0.235. The number of carbonyl (C=O) groups is 1. The molecule has 0 saturated carbocycles. The first kappa shape index (κ1) is 19.6. The van der Waals surface area contributed by atoms with Crippen molar-refractivity contribution < 1.29 is 22.7 Å². The molecule has 0 atom stereocenters. The topological polar surface area (TPSA) is 38.3 Å². The molecular weight excluding hydrogens is 423 g/mol. The standard InChI is InChI=1S/C17H14BrClF3NO2/c1-2-10-3-6-15(12(18)7-10)25-9-16(24)23-14-8-11(17(20,21)22)4-5-13(14)19/h3-8H,2,9H2,1H3,(H,23,24). The van der Waals surface area contributed by atoms with Crippen molar-refractivity contribution in [3.05, 3.63) is 57.0 Å². The maximum absolute atomic E-state index is 12.7. The molecule has 0 aliphatic rings. The van der Waals surface area contributed by atoms with Gasteiger partial charge in [-0.05, 0) is 58.2 Å². The number of alkyl halides is 3. The summed E-state index contributed by atoms with van der Waals surface area (Å²) in [6.07, 6.45) is -3.67. The van der Waals surface area contributed by atoms with Crippen LogP contribution in [0.2, 0.25) is 5.02 Å². The van der Waals surface area contributed by atoms with Gasteiger partial charge in [0.2, 0.25) is 0 Å². The van der Waals surface area contributed by atoms with E-state index in [1.165, 1.54) is 0 Å². The van der Waals surface area contributed by atoms with Crippen LogP contribution in [0.25, 0.3) is 0 Å². The highest BCUT2D eigenvalue weighted by molar-refractivity contribution is 9.10. The minimum Gasteiger partial charge on any atom is -0.483 e. The molecule has 0 saturated heterocycles. The second-order valence-corrected chi connectivity index (χ2v) is 6.41. The summed E-state index contributed by atoms with van der Waals surface area (Å²) >= 11 is 9.18. The van der Waals surface area contributed by atoms with Crippen LogP contribution in [0, 0.1) is 0 Å². The van der Waals surface area contributed by atoms with Crippen LogP contribution in [-0.4, -0.2) is 12.5 Å². The number of rotatable bonds is 5. The highest BCUT2D eigenvalue weighted by atomic mass is 79.9. The number of aryl methyl sites for hydroxylation is 1. The van der Waals surface area contributed by atoms with Crippen LogP contribution in [0.1, 0.15) is 18.1 Å². The highest BCUT2D eigenvalue weighted by Crippen LogP contribution is 2.34. The molecule has 2 aromatic carbocycles. The monoisotopic (exact) mass is 435 g/mol. The van der Waals surface area contributed by atoms with E-state index in [0.29, 0.717) is 10.2 Å². The lowest BCUT2D eigenvalue weighted by Gasteiger charge is -2.13. The van der Waals surface area contributed by atoms with Crippen LogP contribution in [0.5, 0.6) is 5.75 Å². The van der Waals surface area contributed by atoms with Gasteiger partial charge in [0.1, 0.15) is 5.75 Å². The normalized spacial score (nSPS) is 11.3. The second-order valence-electron chi connectivity index (χ2n) is 5.15. The molecule has 8 heteroatoms. The molecule has 0 aliphatic heterocycles. The Morgan fingerprint density at radius 2 is 1.96 bits per heavy atom. The Labute approximate surface area is 156 Å². The van der Waals surface area contributed by atoms with Gasteiger partial charge in [-0.1, -0.05) is 24.6 Å². The van der Waals surface area contributed by atoms with Crippen molar-refractivity contribution in [2.75, 3.05) is 11.9 Å². The van der Waals surface area contributed by atoms with Gasteiger partial charge in [0.05, 0.1) is 20.7 Å². The number of amides is 1. The Hall–Kier alpha value is -1.73. The molecule has 1 amide bonds. The summed E-state index contributed by atoms with van der Waals surface area (Å²) in [4.78, 5) is 11.9. The summed E-state index contributed by atoms with van der Waals surface area (Å²) in [6, 6.07) is 8.17. The fourth-order valence-corrected chi connectivity index (χ4v) is 2.71. The van der Waals surface area contributed by atoms with Crippen LogP contribution in [0.4, 0.5) is 18.9 Å². The molecule has 25 heavy (non-hydrogen) atoms. The summed E-state index contributed by atoms with van der Waals surface area (Å²) in [5.74, 6) is -0.157. The Balaban J connectivity index is 2.03. The first-order chi connectivity index (χ1) is 11.7. The molecule has 0 bridgehead atoms. The zero-order valence-corrected chi connectivity index (χ0v) is 15.4. The van der Waals surface area contributed by atoms with E-state index in [-0.39, 0.29) is 17.3 Å². The molecule has 2 aromatic rings. The van der Waals surface area contributed by atoms with Crippen LogP contribution < -0.4 is 10.1 Å². The van der Waals surface area contributed by atoms with Gasteiger partial charge in [0.15, 0.2) is 6.61 Å². The largest absolute Gasteiger partial charge is 0.483 e. The van der Waals surface area contributed by atoms with Crippen LogP contribution in [0.3, 0.4) is 0 Å². The third-order valence-electron chi connectivity index (χ3n) is 3.33. The van der Waals surface area contributed by atoms with Crippen molar-refractivity contribution in [2.24, 2.45) is 0 Å². The highest BCUT2D eigenvalue weighted by Gasteiger charge is 2.31. The van der Waals surface area contributed by atoms with E-state index in [1.807, 2.05) is 19.1 Å². The Morgan fingerprint density at radius 3 is 2.56 bits per heavy atom. The molecule has 134 valence electrons. The van der Waals surface area contributed by atoms with Gasteiger partial charge in [-0.2, -0.15) is 13.2 Å². The third-order valence-corrected chi connectivity index (χ3v) is 4.28.